The number of nitrogens with two attached hydrogens (primary N) is 1. The monoisotopic (exact) mass is 352 g/mol. The number of rotatable bonds is 6. The van der Waals surface area contributed by atoms with Gasteiger partial charge in [0.2, 0.25) is 0 Å². The molecule has 1 heterocycles. The average Bonchev–Trinajstić information content (AvgIpc) is 2.92. The third kappa shape index (κ3) is 3.26. The predicted molar refractivity (Wildman–Crippen MR) is 98.7 cm³/mol. The van der Waals surface area contributed by atoms with Gasteiger partial charge in [-0.25, -0.2) is 4.79 Å². The fraction of sp³-hybridized carbons (Fsp3) is 0.200. The van der Waals surface area contributed by atoms with Gasteiger partial charge in [0.15, 0.2) is 6.61 Å². The van der Waals surface area contributed by atoms with Crippen LogP contribution in [-0.4, -0.2) is 29.7 Å². The quantitative estimate of drug-likeness (QED) is 0.691. The maximum absolute atomic E-state index is 12.6. The number of primary amides is 1. The van der Waals surface area contributed by atoms with Crippen LogP contribution < -0.4 is 10.5 Å². The minimum atomic E-state index is -0.561. The molecule has 0 bridgehead atoms. The standard InChI is InChI=1S/C20H20N2O4/c1-3-25-20(24)19-13(2)22(14-7-5-4-6-8-14)17-10-9-15(11-16(17)19)26-12-18(21)23/h4-11H,3,12H2,1-2H3,(H2,21,23). The number of hydrogen-bond acceptors (Lipinski definition) is 4. The van der Waals surface area contributed by atoms with E-state index in [1.807, 2.05) is 47.9 Å². The molecular formula is C20H20N2O4. The fourth-order valence-electron chi connectivity index (χ4n) is 3.01. The lowest BCUT2D eigenvalue weighted by atomic mass is 10.1. The molecule has 1 aromatic heterocycles. The molecule has 2 N–H and O–H groups in total. The second-order valence-corrected chi connectivity index (χ2v) is 5.79. The van der Waals surface area contributed by atoms with E-state index in [9.17, 15) is 9.59 Å². The number of ether oxygens (including phenoxy) is 2. The number of para-hydroxylation sites is 1. The molecule has 3 rings (SSSR count). The van der Waals surface area contributed by atoms with Gasteiger partial charge in [0.1, 0.15) is 5.75 Å². The summed E-state index contributed by atoms with van der Waals surface area (Å²) in [6.07, 6.45) is 0. The van der Waals surface area contributed by atoms with Gasteiger partial charge < -0.3 is 19.8 Å². The normalized spacial score (nSPS) is 10.7. The second-order valence-electron chi connectivity index (χ2n) is 5.79. The van der Waals surface area contributed by atoms with Crippen LogP contribution in [0.2, 0.25) is 0 Å². The molecule has 6 heteroatoms. The maximum atomic E-state index is 12.6. The number of aromatic nitrogens is 1. The summed E-state index contributed by atoms with van der Waals surface area (Å²) in [5.41, 5.74) is 8.18. The van der Waals surface area contributed by atoms with E-state index >= 15 is 0 Å². The molecule has 0 spiro atoms. The van der Waals surface area contributed by atoms with Gasteiger partial charge in [-0.15, -0.1) is 0 Å². The summed E-state index contributed by atoms with van der Waals surface area (Å²) < 4.78 is 12.6. The zero-order valence-corrected chi connectivity index (χ0v) is 14.7. The number of amides is 1. The molecule has 1 amide bonds. The van der Waals surface area contributed by atoms with Crippen molar-refractivity contribution in [2.45, 2.75) is 13.8 Å². The molecule has 0 fully saturated rings. The van der Waals surface area contributed by atoms with Gasteiger partial charge in [-0.3, -0.25) is 4.79 Å². The average molecular weight is 352 g/mol. The van der Waals surface area contributed by atoms with Gasteiger partial charge in [0.05, 0.1) is 17.7 Å². The third-order valence-electron chi connectivity index (χ3n) is 4.05. The highest BCUT2D eigenvalue weighted by atomic mass is 16.5. The van der Waals surface area contributed by atoms with Gasteiger partial charge in [0.25, 0.3) is 5.91 Å². The first kappa shape index (κ1) is 17.5. The summed E-state index contributed by atoms with van der Waals surface area (Å²) in [6, 6.07) is 15.1. The Kier molecular flexibility index (Phi) is 4.93. The summed E-state index contributed by atoms with van der Waals surface area (Å²) in [6.45, 7) is 3.71. The van der Waals surface area contributed by atoms with E-state index in [0.29, 0.717) is 16.7 Å². The van der Waals surface area contributed by atoms with Crippen LogP contribution in [0.3, 0.4) is 0 Å². The molecule has 0 unspecified atom stereocenters. The molecule has 2 aromatic carbocycles. The molecule has 3 aromatic rings. The van der Waals surface area contributed by atoms with Crippen molar-refractivity contribution in [2.24, 2.45) is 5.73 Å². The first-order valence-electron chi connectivity index (χ1n) is 8.31. The van der Waals surface area contributed by atoms with Gasteiger partial charge >= 0.3 is 5.97 Å². The van der Waals surface area contributed by atoms with Crippen LogP contribution >= 0.6 is 0 Å². The lowest BCUT2D eigenvalue weighted by Crippen LogP contribution is -2.19. The van der Waals surface area contributed by atoms with Crippen LogP contribution in [0.1, 0.15) is 23.0 Å². The Bertz CT molecular complexity index is 961. The lowest BCUT2D eigenvalue weighted by Gasteiger charge is -2.09. The maximum Gasteiger partial charge on any atom is 0.340 e. The van der Waals surface area contributed by atoms with Crippen molar-refractivity contribution in [1.29, 1.82) is 0 Å². The van der Waals surface area contributed by atoms with Crippen molar-refractivity contribution in [3.63, 3.8) is 0 Å². The molecule has 6 nitrogen and oxygen atoms in total. The SMILES string of the molecule is CCOC(=O)c1c(C)n(-c2ccccc2)c2ccc(OCC(N)=O)cc12. The summed E-state index contributed by atoms with van der Waals surface area (Å²) >= 11 is 0. The topological polar surface area (TPSA) is 83.6 Å². The predicted octanol–water partition coefficient (Wildman–Crippen LogP) is 2.98. The molecule has 0 aliphatic heterocycles. The van der Waals surface area contributed by atoms with Crippen LogP contribution in [0, 0.1) is 6.92 Å². The summed E-state index contributed by atoms with van der Waals surface area (Å²) in [5, 5.41) is 0.701. The van der Waals surface area contributed by atoms with E-state index in [2.05, 4.69) is 0 Å². The smallest absolute Gasteiger partial charge is 0.340 e. The number of carbonyl (C=O) groups is 2. The number of benzene rings is 2. The highest BCUT2D eigenvalue weighted by Crippen LogP contribution is 2.32. The van der Waals surface area contributed by atoms with Crippen LogP contribution in [0.4, 0.5) is 0 Å². The van der Waals surface area contributed by atoms with Crippen molar-refractivity contribution >= 4 is 22.8 Å². The highest BCUT2D eigenvalue weighted by Gasteiger charge is 2.22. The van der Waals surface area contributed by atoms with Crippen molar-refractivity contribution in [3.8, 4) is 11.4 Å². The van der Waals surface area contributed by atoms with Crippen LogP contribution in [0.15, 0.2) is 48.5 Å². The third-order valence-corrected chi connectivity index (χ3v) is 4.05. The lowest BCUT2D eigenvalue weighted by molar-refractivity contribution is -0.119. The first-order valence-corrected chi connectivity index (χ1v) is 8.31. The number of nitrogens with zero attached hydrogens (tertiary/aromatic N) is 1. The highest BCUT2D eigenvalue weighted by molar-refractivity contribution is 6.07. The van der Waals surface area contributed by atoms with Crippen molar-refractivity contribution in [2.75, 3.05) is 13.2 Å². The molecule has 0 saturated heterocycles. The zero-order valence-electron chi connectivity index (χ0n) is 14.7. The van der Waals surface area contributed by atoms with Crippen LogP contribution in [0.5, 0.6) is 5.75 Å². The fourth-order valence-corrected chi connectivity index (χ4v) is 3.01. The molecular weight excluding hydrogens is 332 g/mol. The Morgan fingerprint density at radius 2 is 1.85 bits per heavy atom. The first-order chi connectivity index (χ1) is 12.5. The minimum absolute atomic E-state index is 0.224. The Morgan fingerprint density at radius 3 is 2.50 bits per heavy atom. The number of carbonyl (C=O) groups excluding carboxylic acids is 2. The Labute approximate surface area is 151 Å². The van der Waals surface area contributed by atoms with E-state index in [4.69, 9.17) is 15.2 Å². The molecule has 0 atom stereocenters. The van der Waals surface area contributed by atoms with Crippen LogP contribution in [0.25, 0.3) is 16.6 Å². The Balaban J connectivity index is 2.20. The summed E-state index contributed by atoms with van der Waals surface area (Å²) in [5.74, 6) is -0.488. The summed E-state index contributed by atoms with van der Waals surface area (Å²) in [4.78, 5) is 23.5. The summed E-state index contributed by atoms with van der Waals surface area (Å²) in [7, 11) is 0. The van der Waals surface area contributed by atoms with E-state index < -0.39 is 11.9 Å². The van der Waals surface area contributed by atoms with E-state index in [1.54, 1.807) is 19.1 Å². The molecule has 0 aliphatic carbocycles. The van der Waals surface area contributed by atoms with E-state index in [0.717, 1.165) is 16.9 Å². The molecule has 134 valence electrons. The Hall–Kier alpha value is -3.28. The zero-order chi connectivity index (χ0) is 18.7. The van der Waals surface area contributed by atoms with Crippen molar-refractivity contribution in [1.82, 2.24) is 4.57 Å². The molecule has 26 heavy (non-hydrogen) atoms. The second kappa shape index (κ2) is 7.31. The van der Waals surface area contributed by atoms with Gasteiger partial charge in [-0.2, -0.15) is 0 Å². The van der Waals surface area contributed by atoms with Crippen LogP contribution in [-0.2, 0) is 9.53 Å². The Morgan fingerprint density at radius 1 is 1.12 bits per heavy atom. The molecule has 0 saturated carbocycles. The van der Waals surface area contributed by atoms with Crippen molar-refractivity contribution in [3.05, 3.63) is 59.8 Å². The van der Waals surface area contributed by atoms with E-state index in [-0.39, 0.29) is 13.2 Å². The number of fused-ring (bicyclic) bond motifs is 1. The largest absolute Gasteiger partial charge is 0.484 e. The number of esters is 1. The molecule has 0 radical (unpaired) electrons. The van der Waals surface area contributed by atoms with Gasteiger partial charge in [0, 0.05) is 16.8 Å². The molecule has 0 aliphatic rings. The van der Waals surface area contributed by atoms with Gasteiger partial charge in [-0.1, -0.05) is 18.2 Å². The number of hydrogen-bond donors (Lipinski definition) is 1. The van der Waals surface area contributed by atoms with Crippen molar-refractivity contribution < 1.29 is 19.1 Å². The minimum Gasteiger partial charge on any atom is -0.484 e. The van der Waals surface area contributed by atoms with Gasteiger partial charge in [-0.05, 0) is 44.2 Å². The van der Waals surface area contributed by atoms with E-state index in [1.165, 1.54) is 0 Å².